The van der Waals surface area contributed by atoms with Gasteiger partial charge in [-0.1, -0.05) is 43.3 Å². The molecule has 1 aromatic heterocycles. The van der Waals surface area contributed by atoms with E-state index in [1.807, 2.05) is 54.7 Å². The maximum atomic E-state index is 12.4. The van der Waals surface area contributed by atoms with Gasteiger partial charge in [0.1, 0.15) is 0 Å². The van der Waals surface area contributed by atoms with Gasteiger partial charge in [0.25, 0.3) is 0 Å². The average Bonchev–Trinajstić information content (AvgIpc) is 2.98. The van der Waals surface area contributed by atoms with Gasteiger partial charge < -0.3 is 16.0 Å². The van der Waals surface area contributed by atoms with Crippen LogP contribution in [0.4, 0.5) is 5.69 Å². The molecule has 0 radical (unpaired) electrons. The summed E-state index contributed by atoms with van der Waals surface area (Å²) in [6.07, 6.45) is 3.30. The number of amides is 1. The van der Waals surface area contributed by atoms with Crippen LogP contribution in [0.1, 0.15) is 18.1 Å². The van der Waals surface area contributed by atoms with Gasteiger partial charge in [-0.25, -0.2) is 0 Å². The summed E-state index contributed by atoms with van der Waals surface area (Å²) in [6, 6.07) is 15.3. The third-order valence-electron chi connectivity index (χ3n) is 4.11. The van der Waals surface area contributed by atoms with Crippen molar-refractivity contribution in [3.8, 4) is 0 Å². The Morgan fingerprint density at radius 3 is 2.70 bits per heavy atom. The van der Waals surface area contributed by atoms with Gasteiger partial charge in [0, 0.05) is 22.8 Å². The third kappa shape index (κ3) is 3.27. The highest BCUT2D eigenvalue weighted by Crippen LogP contribution is 2.20. The maximum absolute atomic E-state index is 12.4. The van der Waals surface area contributed by atoms with E-state index in [1.54, 1.807) is 0 Å². The van der Waals surface area contributed by atoms with Crippen molar-refractivity contribution < 1.29 is 4.79 Å². The van der Waals surface area contributed by atoms with Crippen LogP contribution in [0.15, 0.2) is 54.7 Å². The summed E-state index contributed by atoms with van der Waals surface area (Å²) in [6.45, 7) is 2.07. The van der Waals surface area contributed by atoms with Gasteiger partial charge in [-0.2, -0.15) is 0 Å². The smallest absolute Gasteiger partial charge is 0.241 e. The van der Waals surface area contributed by atoms with Gasteiger partial charge >= 0.3 is 0 Å². The molecule has 0 saturated heterocycles. The van der Waals surface area contributed by atoms with Crippen LogP contribution in [0.5, 0.6) is 0 Å². The first kappa shape index (κ1) is 15.3. The lowest BCUT2D eigenvalue weighted by Gasteiger charge is -2.14. The number of aromatic amines is 1. The number of anilines is 1. The molecule has 1 amide bonds. The Hall–Kier alpha value is -2.59. The number of carbonyl (C=O) groups is 1. The highest BCUT2D eigenvalue weighted by atomic mass is 16.2. The molecule has 3 aromatic rings. The summed E-state index contributed by atoms with van der Waals surface area (Å²) < 4.78 is 0. The zero-order chi connectivity index (χ0) is 16.2. The Morgan fingerprint density at radius 2 is 1.87 bits per heavy atom. The van der Waals surface area contributed by atoms with E-state index in [2.05, 4.69) is 17.2 Å². The number of benzene rings is 2. The minimum Gasteiger partial charge on any atom is -0.361 e. The number of hydrogen-bond acceptors (Lipinski definition) is 2. The van der Waals surface area contributed by atoms with E-state index < -0.39 is 6.04 Å². The average molecular weight is 307 g/mol. The van der Waals surface area contributed by atoms with Gasteiger partial charge in [0.2, 0.25) is 5.91 Å². The van der Waals surface area contributed by atoms with Crippen LogP contribution in [-0.4, -0.2) is 16.9 Å². The monoisotopic (exact) mass is 307 g/mol. The SMILES string of the molecule is CCc1ccccc1NC(=O)[C@@H](N)Cc1c[nH]c2ccccc12. The normalized spacial score (nSPS) is 12.3. The van der Waals surface area contributed by atoms with Crippen molar-refractivity contribution in [1.82, 2.24) is 4.98 Å². The summed E-state index contributed by atoms with van der Waals surface area (Å²) in [5, 5.41) is 4.06. The van der Waals surface area contributed by atoms with E-state index >= 15 is 0 Å². The number of rotatable bonds is 5. The Balaban J connectivity index is 1.73. The van der Waals surface area contributed by atoms with Crippen molar-refractivity contribution in [2.24, 2.45) is 5.73 Å². The first-order valence-corrected chi connectivity index (χ1v) is 7.88. The first-order chi connectivity index (χ1) is 11.2. The molecule has 118 valence electrons. The van der Waals surface area contributed by atoms with Crippen LogP contribution in [0, 0.1) is 0 Å². The topological polar surface area (TPSA) is 70.9 Å². The molecule has 1 heterocycles. The standard InChI is InChI=1S/C19H21N3O/c1-2-13-7-3-5-9-17(13)22-19(23)16(20)11-14-12-21-18-10-6-4-8-15(14)18/h3-10,12,16,21H,2,11,20H2,1H3,(H,22,23)/t16-/m0/s1. The van der Waals surface area contributed by atoms with Gasteiger partial charge in [-0.05, 0) is 36.1 Å². The van der Waals surface area contributed by atoms with Gasteiger partial charge in [-0.3, -0.25) is 4.79 Å². The number of fused-ring (bicyclic) bond motifs is 1. The highest BCUT2D eigenvalue weighted by Gasteiger charge is 2.17. The maximum Gasteiger partial charge on any atom is 0.241 e. The lowest BCUT2D eigenvalue weighted by molar-refractivity contribution is -0.117. The zero-order valence-electron chi connectivity index (χ0n) is 13.2. The van der Waals surface area contributed by atoms with Gasteiger partial charge in [0.15, 0.2) is 0 Å². The van der Waals surface area contributed by atoms with E-state index in [9.17, 15) is 4.79 Å². The zero-order valence-corrected chi connectivity index (χ0v) is 13.2. The number of aryl methyl sites for hydroxylation is 1. The van der Waals surface area contributed by atoms with Crippen molar-refractivity contribution in [3.63, 3.8) is 0 Å². The molecule has 4 N–H and O–H groups in total. The fraction of sp³-hybridized carbons (Fsp3) is 0.211. The molecular formula is C19H21N3O. The summed E-state index contributed by atoms with van der Waals surface area (Å²) in [5.41, 5.74) is 10.2. The number of carbonyl (C=O) groups excluding carboxylic acids is 1. The van der Waals surface area contributed by atoms with Crippen LogP contribution < -0.4 is 11.1 Å². The summed E-state index contributed by atoms with van der Waals surface area (Å²) in [4.78, 5) is 15.6. The molecule has 23 heavy (non-hydrogen) atoms. The number of nitrogens with two attached hydrogens (primary N) is 1. The second kappa shape index (κ2) is 6.67. The summed E-state index contributed by atoms with van der Waals surface area (Å²) in [7, 11) is 0. The van der Waals surface area contributed by atoms with E-state index in [4.69, 9.17) is 5.73 Å². The summed E-state index contributed by atoms with van der Waals surface area (Å²) >= 11 is 0. The quantitative estimate of drug-likeness (QED) is 0.677. The van der Waals surface area contributed by atoms with Crippen LogP contribution in [0.2, 0.25) is 0 Å². The predicted molar refractivity (Wildman–Crippen MR) is 94.4 cm³/mol. The number of aromatic nitrogens is 1. The highest BCUT2D eigenvalue weighted by molar-refractivity contribution is 5.96. The number of nitrogens with one attached hydrogen (secondary N) is 2. The van der Waals surface area contributed by atoms with Crippen LogP contribution >= 0.6 is 0 Å². The molecule has 0 unspecified atom stereocenters. The number of H-pyrrole nitrogens is 1. The molecule has 0 spiro atoms. The molecule has 0 aliphatic rings. The Labute approximate surface area is 135 Å². The van der Waals surface area contributed by atoms with E-state index in [-0.39, 0.29) is 5.91 Å². The molecule has 0 aliphatic heterocycles. The van der Waals surface area contributed by atoms with Crippen LogP contribution in [0.25, 0.3) is 10.9 Å². The van der Waals surface area contributed by atoms with Crippen LogP contribution in [-0.2, 0) is 17.6 Å². The van der Waals surface area contributed by atoms with Crippen LogP contribution in [0.3, 0.4) is 0 Å². The van der Waals surface area contributed by atoms with Crippen molar-refractivity contribution >= 4 is 22.5 Å². The van der Waals surface area contributed by atoms with Crippen molar-refractivity contribution in [2.45, 2.75) is 25.8 Å². The number of hydrogen-bond donors (Lipinski definition) is 3. The van der Waals surface area contributed by atoms with E-state index in [1.165, 1.54) is 0 Å². The molecule has 3 rings (SSSR count). The molecule has 0 aliphatic carbocycles. The Kier molecular flexibility index (Phi) is 4.44. The van der Waals surface area contributed by atoms with E-state index in [0.717, 1.165) is 34.1 Å². The van der Waals surface area contributed by atoms with Crippen molar-refractivity contribution in [3.05, 3.63) is 65.9 Å². The second-order valence-electron chi connectivity index (χ2n) is 5.67. The number of para-hydroxylation sites is 2. The van der Waals surface area contributed by atoms with Gasteiger partial charge in [0.05, 0.1) is 6.04 Å². The third-order valence-corrected chi connectivity index (χ3v) is 4.11. The lowest BCUT2D eigenvalue weighted by atomic mass is 10.0. The Morgan fingerprint density at radius 1 is 1.13 bits per heavy atom. The molecule has 2 aromatic carbocycles. The minimum atomic E-state index is -0.584. The molecule has 4 heteroatoms. The molecule has 0 bridgehead atoms. The van der Waals surface area contributed by atoms with Gasteiger partial charge in [-0.15, -0.1) is 0 Å². The van der Waals surface area contributed by atoms with Crippen molar-refractivity contribution in [1.29, 1.82) is 0 Å². The molecule has 4 nitrogen and oxygen atoms in total. The lowest BCUT2D eigenvalue weighted by Crippen LogP contribution is -2.37. The van der Waals surface area contributed by atoms with E-state index in [0.29, 0.717) is 6.42 Å². The largest absolute Gasteiger partial charge is 0.361 e. The van der Waals surface area contributed by atoms with Crippen molar-refractivity contribution in [2.75, 3.05) is 5.32 Å². The Bertz CT molecular complexity index is 822. The molecule has 0 fully saturated rings. The predicted octanol–water partition coefficient (Wildman–Crippen LogP) is 3.24. The fourth-order valence-corrected chi connectivity index (χ4v) is 2.81. The molecule has 0 saturated carbocycles. The summed E-state index contributed by atoms with van der Waals surface area (Å²) in [5.74, 6) is -0.156. The first-order valence-electron chi connectivity index (χ1n) is 7.88. The minimum absolute atomic E-state index is 0.156. The molecular weight excluding hydrogens is 286 g/mol. The fourth-order valence-electron chi connectivity index (χ4n) is 2.81. The molecule has 1 atom stereocenters. The second-order valence-corrected chi connectivity index (χ2v) is 5.67.